The minimum absolute atomic E-state index is 0.0568. The monoisotopic (exact) mass is 460 g/mol. The molecule has 9 atom stereocenters. The first-order valence-corrected chi connectivity index (χ1v) is 11.8. The van der Waals surface area contributed by atoms with E-state index in [1.54, 1.807) is 20.8 Å². The van der Waals surface area contributed by atoms with E-state index >= 15 is 0 Å². The highest BCUT2D eigenvalue weighted by Gasteiger charge is 2.45. The summed E-state index contributed by atoms with van der Waals surface area (Å²) in [4.78, 5) is 13.7. The number of likely N-dealkylation sites (N-methyl/N-ethyl adjacent to an activating group) is 1. The zero-order chi connectivity index (χ0) is 24.2. The summed E-state index contributed by atoms with van der Waals surface area (Å²) in [6.07, 6.45) is -1.75. The maximum Gasteiger partial charge on any atom is 0.407 e. The molecule has 2 rings (SSSR count). The van der Waals surface area contributed by atoms with Crippen molar-refractivity contribution in [3.05, 3.63) is 0 Å². The molecule has 9 heteroatoms. The van der Waals surface area contributed by atoms with Crippen LogP contribution in [-0.2, 0) is 14.2 Å². The standard InChI is InChI=1S/C23H44N2O7/c1-8-17-19(27)14(3)21(30-17)31-18-10-13(2)9-16(20(18)28)25(7)12-15(26)11-24-22(29)32-23(4,5)6/h13-21,26-28H,8-12H2,1-7H3,(H,24,29). The third-order valence-corrected chi connectivity index (χ3v) is 6.37. The lowest BCUT2D eigenvalue weighted by atomic mass is 9.82. The smallest absolute Gasteiger partial charge is 0.407 e. The Bertz CT molecular complexity index is 599. The quantitative estimate of drug-likeness (QED) is 0.430. The van der Waals surface area contributed by atoms with Crippen molar-refractivity contribution in [1.82, 2.24) is 10.2 Å². The molecule has 1 amide bonds. The molecule has 188 valence electrons. The largest absolute Gasteiger partial charge is 0.444 e. The fraction of sp³-hybridized carbons (Fsp3) is 0.957. The van der Waals surface area contributed by atoms with Gasteiger partial charge in [-0.3, -0.25) is 4.90 Å². The van der Waals surface area contributed by atoms with Crippen LogP contribution in [0.15, 0.2) is 0 Å². The Morgan fingerprint density at radius 1 is 1.22 bits per heavy atom. The second-order valence-electron chi connectivity index (χ2n) is 10.6. The summed E-state index contributed by atoms with van der Waals surface area (Å²) in [6, 6.07) is -0.205. The molecule has 1 saturated carbocycles. The molecule has 0 spiro atoms. The van der Waals surface area contributed by atoms with Gasteiger partial charge in [0.05, 0.1) is 30.5 Å². The Labute approximate surface area is 192 Å². The highest BCUT2D eigenvalue weighted by Crippen LogP contribution is 2.35. The number of ether oxygens (including phenoxy) is 3. The van der Waals surface area contributed by atoms with E-state index in [0.29, 0.717) is 18.8 Å². The molecule has 9 nitrogen and oxygen atoms in total. The van der Waals surface area contributed by atoms with Crippen LogP contribution in [0.25, 0.3) is 0 Å². The number of carbonyl (C=O) groups is 1. The van der Waals surface area contributed by atoms with E-state index in [9.17, 15) is 20.1 Å². The van der Waals surface area contributed by atoms with Gasteiger partial charge in [-0.25, -0.2) is 4.79 Å². The molecule has 2 aliphatic rings. The molecule has 1 aliphatic carbocycles. The predicted octanol–water partition coefficient (Wildman–Crippen LogP) is 1.48. The van der Waals surface area contributed by atoms with Crippen LogP contribution in [0.4, 0.5) is 4.79 Å². The number of hydrogen-bond donors (Lipinski definition) is 4. The summed E-state index contributed by atoms with van der Waals surface area (Å²) in [5.74, 6) is 0.151. The van der Waals surface area contributed by atoms with Crippen LogP contribution in [0.2, 0.25) is 0 Å². The van der Waals surface area contributed by atoms with Crippen molar-refractivity contribution < 1.29 is 34.3 Å². The van der Waals surface area contributed by atoms with E-state index in [0.717, 1.165) is 6.42 Å². The van der Waals surface area contributed by atoms with Gasteiger partial charge in [0.2, 0.25) is 0 Å². The van der Waals surface area contributed by atoms with Crippen molar-refractivity contribution in [2.75, 3.05) is 20.1 Å². The van der Waals surface area contributed by atoms with Crippen LogP contribution >= 0.6 is 0 Å². The van der Waals surface area contributed by atoms with E-state index in [1.165, 1.54) is 0 Å². The van der Waals surface area contributed by atoms with Gasteiger partial charge in [-0.2, -0.15) is 0 Å². The van der Waals surface area contributed by atoms with E-state index in [-0.39, 0.29) is 31.2 Å². The lowest BCUT2D eigenvalue weighted by Gasteiger charge is -2.43. The number of alkyl carbamates (subject to hydrolysis) is 1. The van der Waals surface area contributed by atoms with Crippen molar-refractivity contribution in [2.45, 2.75) is 109 Å². The number of nitrogens with one attached hydrogen (secondary N) is 1. The average molecular weight is 461 g/mol. The molecule has 0 aromatic rings. The van der Waals surface area contributed by atoms with Crippen LogP contribution in [0.3, 0.4) is 0 Å². The SMILES string of the molecule is CCC1OC(OC2CC(C)CC(N(C)CC(O)CNC(=O)OC(C)(C)C)C2O)C(C)C1O. The number of amides is 1. The summed E-state index contributed by atoms with van der Waals surface area (Å²) in [5.41, 5.74) is -0.600. The van der Waals surface area contributed by atoms with Gasteiger partial charge in [0.25, 0.3) is 0 Å². The third-order valence-electron chi connectivity index (χ3n) is 6.37. The van der Waals surface area contributed by atoms with E-state index in [2.05, 4.69) is 12.2 Å². The van der Waals surface area contributed by atoms with Gasteiger partial charge >= 0.3 is 6.09 Å². The Morgan fingerprint density at radius 2 is 1.88 bits per heavy atom. The number of rotatable bonds is 8. The predicted molar refractivity (Wildman–Crippen MR) is 120 cm³/mol. The number of aliphatic hydroxyl groups excluding tert-OH is 3. The maximum absolute atomic E-state index is 11.8. The second kappa shape index (κ2) is 11.4. The van der Waals surface area contributed by atoms with E-state index in [4.69, 9.17) is 14.2 Å². The molecule has 9 unspecified atom stereocenters. The normalized spacial score (nSPS) is 36.8. The average Bonchev–Trinajstić information content (AvgIpc) is 2.95. The van der Waals surface area contributed by atoms with Crippen molar-refractivity contribution in [3.8, 4) is 0 Å². The number of carbonyl (C=O) groups excluding carboxylic acids is 1. The van der Waals surface area contributed by atoms with Crippen molar-refractivity contribution in [1.29, 1.82) is 0 Å². The minimum atomic E-state index is -0.810. The number of hydrogen-bond acceptors (Lipinski definition) is 8. The molecule has 0 bridgehead atoms. The minimum Gasteiger partial charge on any atom is -0.444 e. The molecule has 32 heavy (non-hydrogen) atoms. The molecule has 0 aromatic carbocycles. The summed E-state index contributed by atoms with van der Waals surface area (Å²) in [5, 5.41) is 34.3. The fourth-order valence-electron chi connectivity index (χ4n) is 4.60. The fourth-order valence-corrected chi connectivity index (χ4v) is 4.60. The van der Waals surface area contributed by atoms with Gasteiger partial charge in [-0.15, -0.1) is 0 Å². The first kappa shape index (κ1) is 27.3. The lowest BCUT2D eigenvalue weighted by molar-refractivity contribution is -0.215. The molecule has 2 fully saturated rings. The van der Waals surface area contributed by atoms with Crippen LogP contribution < -0.4 is 5.32 Å². The van der Waals surface area contributed by atoms with Gasteiger partial charge in [0.1, 0.15) is 5.60 Å². The zero-order valence-corrected chi connectivity index (χ0v) is 20.7. The van der Waals surface area contributed by atoms with E-state index in [1.807, 2.05) is 25.8 Å². The molecule has 1 heterocycles. The second-order valence-corrected chi connectivity index (χ2v) is 10.6. The highest BCUT2D eigenvalue weighted by atomic mass is 16.7. The lowest BCUT2D eigenvalue weighted by Crippen LogP contribution is -2.55. The van der Waals surface area contributed by atoms with Crippen LogP contribution in [0, 0.1) is 11.8 Å². The summed E-state index contributed by atoms with van der Waals surface area (Å²) in [6.45, 7) is 11.7. The molecule has 1 saturated heterocycles. The first-order chi connectivity index (χ1) is 14.8. The Morgan fingerprint density at radius 3 is 2.44 bits per heavy atom. The van der Waals surface area contributed by atoms with E-state index < -0.39 is 42.4 Å². The summed E-state index contributed by atoms with van der Waals surface area (Å²) < 4.78 is 17.2. The summed E-state index contributed by atoms with van der Waals surface area (Å²) in [7, 11) is 1.85. The number of nitrogens with zero attached hydrogens (tertiary/aromatic N) is 1. The molecule has 4 N–H and O–H groups in total. The topological polar surface area (TPSA) is 121 Å². The molecular formula is C23H44N2O7. The van der Waals surface area contributed by atoms with Crippen molar-refractivity contribution in [2.24, 2.45) is 11.8 Å². The van der Waals surface area contributed by atoms with Crippen LogP contribution in [0.1, 0.15) is 60.8 Å². The van der Waals surface area contributed by atoms with Crippen LogP contribution in [0.5, 0.6) is 0 Å². The number of aliphatic hydroxyl groups is 3. The molecular weight excluding hydrogens is 416 g/mol. The first-order valence-electron chi connectivity index (χ1n) is 11.8. The van der Waals surface area contributed by atoms with Gasteiger partial charge in [0, 0.05) is 25.0 Å². The third kappa shape index (κ3) is 7.53. The van der Waals surface area contributed by atoms with Gasteiger partial charge < -0.3 is 34.8 Å². The Kier molecular flexibility index (Phi) is 9.75. The molecule has 0 radical (unpaired) electrons. The summed E-state index contributed by atoms with van der Waals surface area (Å²) >= 11 is 0. The molecule has 0 aromatic heterocycles. The van der Waals surface area contributed by atoms with Crippen molar-refractivity contribution in [3.63, 3.8) is 0 Å². The van der Waals surface area contributed by atoms with Gasteiger partial charge in [-0.05, 0) is 53.0 Å². The molecule has 1 aliphatic heterocycles. The van der Waals surface area contributed by atoms with Crippen molar-refractivity contribution >= 4 is 6.09 Å². The Balaban J connectivity index is 1.89. The van der Waals surface area contributed by atoms with Crippen LogP contribution in [-0.4, -0.2) is 94.9 Å². The van der Waals surface area contributed by atoms with Gasteiger partial charge in [-0.1, -0.05) is 20.8 Å². The van der Waals surface area contributed by atoms with Gasteiger partial charge in [0.15, 0.2) is 6.29 Å². The highest BCUT2D eigenvalue weighted by molar-refractivity contribution is 5.67. The maximum atomic E-state index is 11.8. The Hall–Kier alpha value is -0.970. The zero-order valence-electron chi connectivity index (χ0n) is 20.7.